The number of hydrogen-bond donors (Lipinski definition) is 1. The number of hydrogen-bond acceptors (Lipinski definition) is 7. The van der Waals surface area contributed by atoms with E-state index in [9.17, 15) is 9.18 Å². The molecule has 0 saturated heterocycles. The molecule has 1 aromatic carbocycles. The van der Waals surface area contributed by atoms with Crippen molar-refractivity contribution in [2.45, 2.75) is 51.0 Å². The number of halogens is 2. The lowest BCUT2D eigenvalue weighted by molar-refractivity contribution is -0.122. The van der Waals surface area contributed by atoms with Crippen LogP contribution in [-0.4, -0.2) is 27.7 Å². The molecule has 0 spiro atoms. The number of ether oxygens (including phenoxy) is 2. The summed E-state index contributed by atoms with van der Waals surface area (Å²) in [5.41, 5.74) is 2.30. The molecular formula is C25H24ClFN4O4. The quantitative estimate of drug-likeness (QED) is 0.450. The highest BCUT2D eigenvalue weighted by Gasteiger charge is 2.45. The minimum atomic E-state index is -0.606. The third kappa shape index (κ3) is 5.00. The van der Waals surface area contributed by atoms with Crippen LogP contribution in [0.4, 0.5) is 4.39 Å². The van der Waals surface area contributed by atoms with Gasteiger partial charge in [-0.05, 0) is 56.5 Å². The molecule has 1 atom stereocenters. The zero-order valence-electron chi connectivity index (χ0n) is 19.3. The fourth-order valence-corrected chi connectivity index (χ4v) is 4.03. The smallest absolute Gasteiger partial charge is 0.262 e. The third-order valence-electron chi connectivity index (χ3n) is 6.42. The van der Waals surface area contributed by atoms with E-state index < -0.39 is 11.2 Å². The highest BCUT2D eigenvalue weighted by atomic mass is 35.5. The van der Waals surface area contributed by atoms with Crippen LogP contribution in [0.2, 0.25) is 5.02 Å². The number of amides is 1. The molecule has 182 valence electrons. The van der Waals surface area contributed by atoms with Gasteiger partial charge in [-0.25, -0.2) is 4.39 Å². The maximum atomic E-state index is 13.5. The Bertz CT molecular complexity index is 1290. The molecule has 1 amide bonds. The highest BCUT2D eigenvalue weighted by Crippen LogP contribution is 2.46. The molecule has 3 aromatic rings. The van der Waals surface area contributed by atoms with Crippen molar-refractivity contribution >= 4 is 17.5 Å². The second-order valence-corrected chi connectivity index (χ2v) is 9.42. The number of aromatic nitrogens is 3. The first-order valence-corrected chi connectivity index (χ1v) is 11.7. The molecular weight excluding hydrogens is 475 g/mol. The molecule has 2 aliphatic rings. The molecule has 0 radical (unpaired) electrons. The molecule has 1 unspecified atom stereocenters. The Balaban J connectivity index is 1.14. The van der Waals surface area contributed by atoms with Crippen LogP contribution in [0.1, 0.15) is 56.5 Å². The van der Waals surface area contributed by atoms with Gasteiger partial charge in [0, 0.05) is 29.8 Å². The van der Waals surface area contributed by atoms with E-state index in [0.29, 0.717) is 29.9 Å². The number of allylic oxidation sites excluding steroid dienone is 2. The topological polar surface area (TPSA) is 99.4 Å². The van der Waals surface area contributed by atoms with Crippen molar-refractivity contribution in [2.75, 3.05) is 6.61 Å². The molecule has 0 bridgehead atoms. The Hall–Kier alpha value is -3.46. The minimum absolute atomic E-state index is 0.00776. The molecule has 2 heterocycles. The van der Waals surface area contributed by atoms with Gasteiger partial charge < -0.3 is 19.2 Å². The summed E-state index contributed by atoms with van der Waals surface area (Å²) in [7, 11) is 0. The molecule has 0 aliphatic heterocycles. The predicted octanol–water partition coefficient (Wildman–Crippen LogP) is 4.84. The van der Waals surface area contributed by atoms with E-state index in [1.165, 1.54) is 25.0 Å². The van der Waals surface area contributed by atoms with Crippen LogP contribution in [0.25, 0.3) is 0 Å². The molecule has 2 aromatic heterocycles. The molecule has 5 rings (SSSR count). The maximum Gasteiger partial charge on any atom is 0.262 e. The summed E-state index contributed by atoms with van der Waals surface area (Å²) in [6.07, 6.45) is 4.64. The second kappa shape index (κ2) is 9.30. The molecule has 8 nitrogen and oxygen atoms in total. The summed E-state index contributed by atoms with van der Waals surface area (Å²) in [5, 5.41) is 11.1. The zero-order valence-corrected chi connectivity index (χ0v) is 20.1. The fourth-order valence-electron chi connectivity index (χ4n) is 3.92. The first-order chi connectivity index (χ1) is 16.8. The van der Waals surface area contributed by atoms with Gasteiger partial charge in [0.1, 0.15) is 17.3 Å². The van der Waals surface area contributed by atoms with Crippen molar-refractivity contribution in [3.8, 4) is 11.5 Å². The van der Waals surface area contributed by atoms with Gasteiger partial charge in [-0.1, -0.05) is 11.6 Å². The number of nitrogens with zero attached hydrogens (tertiary/aromatic N) is 3. The Labute approximate surface area is 206 Å². The summed E-state index contributed by atoms with van der Waals surface area (Å²) in [5.74, 6) is 1.33. The van der Waals surface area contributed by atoms with Crippen LogP contribution in [0.3, 0.4) is 0 Å². The number of pyridine rings is 1. The Morgan fingerprint density at radius 1 is 1.23 bits per heavy atom. The largest absolute Gasteiger partial charge is 0.484 e. The maximum absolute atomic E-state index is 13.5. The molecule has 1 N–H and O–H groups in total. The SMILES string of the molecule is CC1=C(NC(=O)COc2ccc(Cl)c(F)c2)CC1(C)c1nnc(COc2ccc(C3CC3)nc2)o1. The van der Waals surface area contributed by atoms with Crippen molar-refractivity contribution < 1.29 is 23.1 Å². The number of benzene rings is 1. The van der Waals surface area contributed by atoms with E-state index in [4.69, 9.17) is 25.5 Å². The van der Waals surface area contributed by atoms with Crippen molar-refractivity contribution in [1.82, 2.24) is 20.5 Å². The standard InChI is InChI=1S/C25H24ClFN4O4/c1-14-21(29-22(32)12-33-16-5-7-18(26)19(27)9-16)10-25(14,2)24-31-30-23(35-24)13-34-17-6-8-20(28-11-17)15-3-4-15/h5-9,11,15H,3-4,10,12-13H2,1-2H3,(H,29,32). The van der Waals surface area contributed by atoms with Gasteiger partial charge in [0.15, 0.2) is 13.2 Å². The van der Waals surface area contributed by atoms with E-state index in [2.05, 4.69) is 20.5 Å². The number of nitrogens with one attached hydrogen (secondary N) is 1. The third-order valence-corrected chi connectivity index (χ3v) is 6.72. The van der Waals surface area contributed by atoms with Crippen molar-refractivity contribution in [3.63, 3.8) is 0 Å². The van der Waals surface area contributed by atoms with Gasteiger partial charge in [-0.2, -0.15) is 0 Å². The van der Waals surface area contributed by atoms with Crippen LogP contribution in [0.15, 0.2) is 52.2 Å². The average Bonchev–Trinajstić information content (AvgIpc) is 3.60. The first-order valence-electron chi connectivity index (χ1n) is 11.3. The lowest BCUT2D eigenvalue weighted by atomic mass is 9.68. The first kappa shape index (κ1) is 23.3. The van der Waals surface area contributed by atoms with Crippen LogP contribution in [-0.2, 0) is 16.8 Å². The number of carbonyl (C=O) groups is 1. The summed E-state index contributed by atoms with van der Waals surface area (Å²) in [4.78, 5) is 16.7. The van der Waals surface area contributed by atoms with Gasteiger partial charge in [0.25, 0.3) is 11.8 Å². The molecule has 10 heteroatoms. The highest BCUT2D eigenvalue weighted by molar-refractivity contribution is 6.30. The lowest BCUT2D eigenvalue weighted by Crippen LogP contribution is -2.42. The van der Waals surface area contributed by atoms with Crippen LogP contribution in [0.5, 0.6) is 11.5 Å². The zero-order chi connectivity index (χ0) is 24.6. The lowest BCUT2D eigenvalue weighted by Gasteiger charge is -2.39. The molecule has 1 saturated carbocycles. The second-order valence-electron chi connectivity index (χ2n) is 9.01. The van der Waals surface area contributed by atoms with Crippen molar-refractivity contribution in [2.24, 2.45) is 0 Å². The molecule has 1 fully saturated rings. The summed E-state index contributed by atoms with van der Waals surface area (Å²) >= 11 is 5.65. The minimum Gasteiger partial charge on any atom is -0.484 e. The van der Waals surface area contributed by atoms with E-state index in [1.54, 1.807) is 6.20 Å². The predicted molar refractivity (Wildman–Crippen MR) is 125 cm³/mol. The van der Waals surface area contributed by atoms with E-state index in [-0.39, 0.29) is 29.9 Å². The fraction of sp³-hybridized carbons (Fsp3) is 0.360. The number of rotatable bonds is 9. The van der Waals surface area contributed by atoms with E-state index in [0.717, 1.165) is 23.0 Å². The summed E-state index contributed by atoms with van der Waals surface area (Å²) in [6.45, 7) is 3.77. The summed E-state index contributed by atoms with van der Waals surface area (Å²) < 4.78 is 30.4. The normalized spacial score (nSPS) is 19.3. The van der Waals surface area contributed by atoms with Gasteiger partial charge in [0.05, 0.1) is 16.6 Å². The summed E-state index contributed by atoms with van der Waals surface area (Å²) in [6, 6.07) is 7.90. The van der Waals surface area contributed by atoms with E-state index in [1.807, 2.05) is 26.0 Å². The van der Waals surface area contributed by atoms with Crippen molar-refractivity contribution in [3.05, 3.63) is 76.1 Å². The van der Waals surface area contributed by atoms with Crippen LogP contribution < -0.4 is 14.8 Å². The van der Waals surface area contributed by atoms with E-state index >= 15 is 0 Å². The van der Waals surface area contributed by atoms with Crippen LogP contribution in [0, 0.1) is 5.82 Å². The average molecular weight is 499 g/mol. The van der Waals surface area contributed by atoms with Gasteiger partial charge in [-0.3, -0.25) is 9.78 Å². The number of carbonyl (C=O) groups excluding carboxylic acids is 1. The van der Waals surface area contributed by atoms with Gasteiger partial charge >= 0.3 is 0 Å². The Morgan fingerprint density at radius 3 is 2.71 bits per heavy atom. The van der Waals surface area contributed by atoms with Gasteiger partial charge in [0.2, 0.25) is 5.89 Å². The monoisotopic (exact) mass is 498 g/mol. The van der Waals surface area contributed by atoms with Gasteiger partial charge in [-0.15, -0.1) is 10.2 Å². The molecule has 2 aliphatic carbocycles. The Morgan fingerprint density at radius 2 is 2.03 bits per heavy atom. The van der Waals surface area contributed by atoms with Crippen LogP contribution >= 0.6 is 11.6 Å². The van der Waals surface area contributed by atoms with Crippen molar-refractivity contribution in [1.29, 1.82) is 0 Å². The molecule has 35 heavy (non-hydrogen) atoms. The Kier molecular flexibility index (Phi) is 6.19.